The third-order valence-electron chi connectivity index (χ3n) is 4.37. The van der Waals surface area contributed by atoms with Crippen LogP contribution in [-0.4, -0.2) is 16.6 Å². The molecule has 0 spiro atoms. The standard InChI is InChI=1S/C24H19FN2OS2/c25-19-11-13-20(14-12-19)29-16-15-21(28)26-24-27-22(17-7-3-1-4-8-17)23(30-24)18-9-5-2-6-10-18/h1-14H,15-16H2,(H,26,27,28). The maximum atomic E-state index is 13.0. The molecule has 0 saturated heterocycles. The Labute approximate surface area is 183 Å². The zero-order valence-corrected chi connectivity index (χ0v) is 17.7. The van der Waals surface area contributed by atoms with Gasteiger partial charge in [0.05, 0.1) is 10.6 Å². The molecule has 1 N–H and O–H groups in total. The summed E-state index contributed by atoms with van der Waals surface area (Å²) in [5, 5.41) is 3.52. The van der Waals surface area contributed by atoms with Crippen molar-refractivity contribution in [2.24, 2.45) is 0 Å². The maximum absolute atomic E-state index is 13.0. The largest absolute Gasteiger partial charge is 0.302 e. The molecule has 0 aliphatic carbocycles. The number of anilines is 1. The lowest BCUT2D eigenvalue weighted by atomic mass is 10.1. The SMILES string of the molecule is O=C(CCSc1ccc(F)cc1)Nc1nc(-c2ccccc2)c(-c2ccccc2)s1. The molecule has 30 heavy (non-hydrogen) atoms. The van der Waals surface area contributed by atoms with Crippen molar-refractivity contribution in [3.8, 4) is 21.7 Å². The Morgan fingerprint density at radius 1 is 0.900 bits per heavy atom. The van der Waals surface area contributed by atoms with Gasteiger partial charge in [0.25, 0.3) is 0 Å². The fraction of sp³-hybridized carbons (Fsp3) is 0.0833. The first-order chi connectivity index (χ1) is 14.7. The topological polar surface area (TPSA) is 42.0 Å². The van der Waals surface area contributed by atoms with Crippen LogP contribution in [0, 0.1) is 5.82 Å². The van der Waals surface area contributed by atoms with Crippen molar-refractivity contribution >= 4 is 34.1 Å². The third kappa shape index (κ3) is 5.14. The summed E-state index contributed by atoms with van der Waals surface area (Å²) in [6.45, 7) is 0. The molecule has 4 aromatic rings. The van der Waals surface area contributed by atoms with Crippen LogP contribution in [0.1, 0.15) is 6.42 Å². The minimum Gasteiger partial charge on any atom is -0.302 e. The number of carbonyl (C=O) groups excluding carboxylic acids is 1. The second-order valence-electron chi connectivity index (χ2n) is 6.53. The number of nitrogens with one attached hydrogen (secondary N) is 1. The summed E-state index contributed by atoms with van der Waals surface area (Å²) in [6.07, 6.45) is 0.350. The molecule has 0 bridgehead atoms. The molecule has 0 radical (unpaired) electrons. The van der Waals surface area contributed by atoms with E-state index in [1.54, 1.807) is 12.1 Å². The van der Waals surface area contributed by atoms with Gasteiger partial charge in [0, 0.05) is 22.6 Å². The molecule has 0 aliphatic rings. The van der Waals surface area contributed by atoms with E-state index >= 15 is 0 Å². The van der Waals surface area contributed by atoms with Gasteiger partial charge in [0.1, 0.15) is 5.82 Å². The molecule has 150 valence electrons. The highest BCUT2D eigenvalue weighted by Crippen LogP contribution is 2.38. The lowest BCUT2D eigenvalue weighted by Gasteiger charge is -2.02. The van der Waals surface area contributed by atoms with E-state index in [2.05, 4.69) is 5.32 Å². The van der Waals surface area contributed by atoms with Crippen molar-refractivity contribution in [1.29, 1.82) is 0 Å². The summed E-state index contributed by atoms with van der Waals surface area (Å²) < 4.78 is 13.0. The van der Waals surface area contributed by atoms with Crippen LogP contribution in [0.2, 0.25) is 0 Å². The van der Waals surface area contributed by atoms with E-state index in [1.807, 2.05) is 60.7 Å². The Bertz CT molecular complexity index is 1060. The summed E-state index contributed by atoms with van der Waals surface area (Å²) in [5.74, 6) is 0.266. The number of carbonyl (C=O) groups is 1. The first kappa shape index (κ1) is 20.3. The Morgan fingerprint density at radius 3 is 2.20 bits per heavy atom. The summed E-state index contributed by atoms with van der Waals surface area (Å²) in [7, 11) is 0. The van der Waals surface area contributed by atoms with Gasteiger partial charge in [-0.2, -0.15) is 0 Å². The van der Waals surface area contributed by atoms with Gasteiger partial charge in [0.15, 0.2) is 5.13 Å². The van der Waals surface area contributed by atoms with Gasteiger partial charge in [-0.1, -0.05) is 72.0 Å². The molecular formula is C24H19FN2OS2. The van der Waals surface area contributed by atoms with Gasteiger partial charge in [-0.25, -0.2) is 9.37 Å². The van der Waals surface area contributed by atoms with Crippen molar-refractivity contribution in [1.82, 2.24) is 4.98 Å². The summed E-state index contributed by atoms with van der Waals surface area (Å²) >= 11 is 3.00. The number of nitrogens with zero attached hydrogens (tertiary/aromatic N) is 1. The molecule has 1 aromatic heterocycles. The molecule has 0 atom stereocenters. The first-order valence-electron chi connectivity index (χ1n) is 9.49. The van der Waals surface area contributed by atoms with E-state index in [0.717, 1.165) is 26.6 Å². The highest BCUT2D eigenvalue weighted by molar-refractivity contribution is 7.99. The molecule has 0 fully saturated rings. The number of amides is 1. The predicted octanol–water partition coefficient (Wildman–Crippen LogP) is 6.74. The van der Waals surface area contributed by atoms with Crippen molar-refractivity contribution in [3.05, 3.63) is 90.7 Å². The van der Waals surface area contributed by atoms with Crippen LogP contribution in [0.4, 0.5) is 9.52 Å². The number of halogens is 1. The number of thiazole rings is 1. The monoisotopic (exact) mass is 434 g/mol. The lowest BCUT2D eigenvalue weighted by molar-refractivity contribution is -0.115. The molecule has 4 rings (SSSR count). The summed E-state index contributed by atoms with van der Waals surface area (Å²) in [6, 6.07) is 26.3. The molecule has 3 nitrogen and oxygen atoms in total. The normalized spacial score (nSPS) is 10.7. The van der Waals surface area contributed by atoms with Crippen molar-refractivity contribution in [3.63, 3.8) is 0 Å². The van der Waals surface area contributed by atoms with Gasteiger partial charge in [-0.3, -0.25) is 4.79 Å². The van der Waals surface area contributed by atoms with Crippen LogP contribution < -0.4 is 5.32 Å². The van der Waals surface area contributed by atoms with Crippen molar-refractivity contribution in [2.45, 2.75) is 11.3 Å². The number of benzene rings is 3. The van der Waals surface area contributed by atoms with Gasteiger partial charge >= 0.3 is 0 Å². The van der Waals surface area contributed by atoms with Crippen molar-refractivity contribution < 1.29 is 9.18 Å². The minimum absolute atomic E-state index is 0.0856. The van der Waals surface area contributed by atoms with Crippen LogP contribution in [-0.2, 0) is 4.79 Å². The summed E-state index contributed by atoms with van der Waals surface area (Å²) in [5.41, 5.74) is 2.95. The number of rotatable bonds is 7. The number of aromatic nitrogens is 1. The molecule has 1 heterocycles. The highest BCUT2D eigenvalue weighted by Gasteiger charge is 2.16. The lowest BCUT2D eigenvalue weighted by Crippen LogP contribution is -2.11. The Hall–Kier alpha value is -2.96. The van der Waals surface area contributed by atoms with E-state index in [9.17, 15) is 9.18 Å². The Balaban J connectivity index is 1.46. The van der Waals surface area contributed by atoms with E-state index in [1.165, 1.54) is 35.2 Å². The fourth-order valence-electron chi connectivity index (χ4n) is 2.92. The average molecular weight is 435 g/mol. The van der Waals surface area contributed by atoms with Crippen LogP contribution in [0.25, 0.3) is 21.7 Å². The number of hydrogen-bond acceptors (Lipinski definition) is 4. The van der Waals surface area contributed by atoms with Crippen molar-refractivity contribution in [2.75, 3.05) is 11.1 Å². The van der Waals surface area contributed by atoms with E-state index in [4.69, 9.17) is 4.98 Å². The van der Waals surface area contributed by atoms with Gasteiger partial charge in [-0.15, -0.1) is 11.8 Å². The Morgan fingerprint density at radius 2 is 1.53 bits per heavy atom. The zero-order chi connectivity index (χ0) is 20.8. The Kier molecular flexibility index (Phi) is 6.57. The second-order valence-corrected chi connectivity index (χ2v) is 8.70. The van der Waals surface area contributed by atoms with E-state index in [0.29, 0.717) is 17.3 Å². The summed E-state index contributed by atoms with van der Waals surface area (Å²) in [4.78, 5) is 19.1. The predicted molar refractivity (Wildman–Crippen MR) is 123 cm³/mol. The fourth-order valence-corrected chi connectivity index (χ4v) is 4.79. The highest BCUT2D eigenvalue weighted by atomic mass is 32.2. The van der Waals surface area contributed by atoms with Crippen LogP contribution in [0.15, 0.2) is 89.8 Å². The van der Waals surface area contributed by atoms with E-state index in [-0.39, 0.29) is 11.7 Å². The van der Waals surface area contributed by atoms with Gasteiger partial charge < -0.3 is 5.32 Å². The van der Waals surface area contributed by atoms with Gasteiger partial charge in [-0.05, 0) is 29.8 Å². The molecule has 0 aliphatic heterocycles. The number of thioether (sulfide) groups is 1. The second kappa shape index (κ2) is 9.69. The quantitative estimate of drug-likeness (QED) is 0.328. The molecule has 0 saturated carbocycles. The zero-order valence-electron chi connectivity index (χ0n) is 16.0. The average Bonchev–Trinajstić information content (AvgIpc) is 3.20. The maximum Gasteiger partial charge on any atom is 0.226 e. The molecule has 3 aromatic carbocycles. The van der Waals surface area contributed by atoms with Gasteiger partial charge in [0.2, 0.25) is 5.91 Å². The molecule has 0 unspecified atom stereocenters. The molecular weight excluding hydrogens is 415 g/mol. The minimum atomic E-state index is -0.260. The first-order valence-corrected chi connectivity index (χ1v) is 11.3. The molecule has 1 amide bonds. The third-order valence-corrected chi connectivity index (χ3v) is 6.40. The van der Waals surface area contributed by atoms with Crippen LogP contribution in [0.5, 0.6) is 0 Å². The smallest absolute Gasteiger partial charge is 0.226 e. The molecule has 6 heteroatoms. The van der Waals surface area contributed by atoms with E-state index < -0.39 is 0 Å². The number of hydrogen-bond donors (Lipinski definition) is 1. The van der Waals surface area contributed by atoms with Crippen LogP contribution in [0.3, 0.4) is 0 Å². The van der Waals surface area contributed by atoms with Crippen LogP contribution >= 0.6 is 23.1 Å².